The van der Waals surface area contributed by atoms with Gasteiger partial charge in [0.2, 0.25) is 0 Å². The van der Waals surface area contributed by atoms with Crippen molar-refractivity contribution in [2.45, 2.75) is 32.2 Å². The molecule has 0 spiro atoms. The second-order valence-electron chi connectivity index (χ2n) is 6.33. The van der Waals surface area contributed by atoms with Gasteiger partial charge in [-0.2, -0.15) is 0 Å². The van der Waals surface area contributed by atoms with Crippen LogP contribution < -0.4 is 9.80 Å². The van der Waals surface area contributed by atoms with Crippen molar-refractivity contribution in [3.8, 4) is 0 Å². The van der Waals surface area contributed by atoms with E-state index in [-0.39, 0.29) is 5.82 Å². The second-order valence-corrected chi connectivity index (χ2v) is 7.32. The molecule has 4 rings (SSSR count). The first-order valence-electron chi connectivity index (χ1n) is 7.70. The molecule has 1 saturated carbocycles. The zero-order chi connectivity index (χ0) is 15.4. The number of fused-ring (bicyclic) bond motifs is 1. The van der Waals surface area contributed by atoms with Gasteiger partial charge >= 0.3 is 139 Å². The van der Waals surface area contributed by atoms with E-state index in [9.17, 15) is 4.39 Å². The number of nitrogens with zero attached hydrogens (tertiary/aromatic N) is 3. The Kier molecular flexibility index (Phi) is 3.28. The third-order valence-electron chi connectivity index (χ3n) is 4.60. The minimum absolute atomic E-state index is 0.243. The Morgan fingerprint density at radius 3 is 2.77 bits per heavy atom. The number of anilines is 2. The molecule has 22 heavy (non-hydrogen) atoms. The summed E-state index contributed by atoms with van der Waals surface area (Å²) in [6.45, 7) is 7.76. The number of pyridine rings is 1. The van der Waals surface area contributed by atoms with Crippen LogP contribution in [0.3, 0.4) is 0 Å². The zero-order valence-electron chi connectivity index (χ0n) is 12.6. The molecule has 0 aromatic carbocycles. The molecule has 0 N–H and O–H groups in total. The van der Waals surface area contributed by atoms with Gasteiger partial charge in [0, 0.05) is 0 Å². The molecule has 1 saturated heterocycles. The first-order valence-corrected chi connectivity index (χ1v) is 8.40. The van der Waals surface area contributed by atoms with Crippen LogP contribution in [0.4, 0.5) is 16.0 Å². The standard InChI is InChI=1S/C17H18FN3.V/c1-11-10-21(13-5-6-13)16-14(12(11)2)9-15(18)17(19-16)20-7-3-4-8-20;/h9-10,13H,2-3,5-8H2,1H3;. The van der Waals surface area contributed by atoms with E-state index in [4.69, 9.17) is 4.98 Å². The van der Waals surface area contributed by atoms with Gasteiger partial charge in [-0.15, -0.1) is 0 Å². The number of hydrogen-bond donors (Lipinski definition) is 0. The number of allylic oxidation sites excluding steroid dienone is 2. The Balaban J connectivity index is 1.81. The molecule has 2 fully saturated rings. The fourth-order valence-corrected chi connectivity index (χ4v) is 3.55. The van der Waals surface area contributed by atoms with E-state index in [1.54, 1.807) is 6.07 Å². The summed E-state index contributed by atoms with van der Waals surface area (Å²) in [6, 6.07) is 2.13. The van der Waals surface area contributed by atoms with Crippen molar-refractivity contribution in [3.05, 3.63) is 35.8 Å². The second kappa shape index (κ2) is 5.07. The van der Waals surface area contributed by atoms with Gasteiger partial charge in [0.25, 0.3) is 0 Å². The zero-order valence-corrected chi connectivity index (χ0v) is 14.0. The maximum absolute atomic E-state index is 14.6. The van der Waals surface area contributed by atoms with Gasteiger partial charge in [0.15, 0.2) is 0 Å². The summed E-state index contributed by atoms with van der Waals surface area (Å²) in [7, 11) is 0. The van der Waals surface area contributed by atoms with Crippen molar-refractivity contribution in [1.29, 1.82) is 0 Å². The van der Waals surface area contributed by atoms with E-state index in [0.717, 1.165) is 42.0 Å². The Morgan fingerprint density at radius 1 is 1.36 bits per heavy atom. The van der Waals surface area contributed by atoms with Crippen LogP contribution in [0.15, 0.2) is 24.4 Å². The Morgan fingerprint density at radius 2 is 2.14 bits per heavy atom. The summed E-state index contributed by atoms with van der Waals surface area (Å²) in [5.74, 6) is 1.10. The number of rotatable bonds is 2. The van der Waals surface area contributed by atoms with Crippen LogP contribution in [0.5, 0.6) is 0 Å². The average molecular weight is 334 g/mol. The van der Waals surface area contributed by atoms with Crippen LogP contribution in [0.2, 0.25) is 0 Å². The van der Waals surface area contributed by atoms with Crippen LogP contribution in [0, 0.1) is 5.82 Å². The summed E-state index contributed by atoms with van der Waals surface area (Å²) in [4.78, 5) is 8.95. The molecule has 3 heterocycles. The normalized spacial score (nSPS) is 21.2. The van der Waals surface area contributed by atoms with E-state index in [1.807, 2.05) is 11.8 Å². The summed E-state index contributed by atoms with van der Waals surface area (Å²) in [5, 5.41) is 0. The monoisotopic (exact) mass is 334 g/mol. The molecule has 0 atom stereocenters. The Labute approximate surface area is 139 Å². The molecule has 113 valence electrons. The summed E-state index contributed by atoms with van der Waals surface area (Å²) in [6.07, 6.45) is 5.47. The van der Waals surface area contributed by atoms with Crippen molar-refractivity contribution in [2.75, 3.05) is 22.9 Å². The molecule has 2 aliphatic heterocycles. The fraction of sp³-hybridized carbons (Fsp3) is 0.412. The predicted octanol–water partition coefficient (Wildman–Crippen LogP) is 3.05. The number of aromatic nitrogens is 1. The molecule has 5 heteroatoms. The van der Waals surface area contributed by atoms with Crippen LogP contribution in [-0.2, 0) is 17.0 Å². The van der Waals surface area contributed by atoms with Crippen LogP contribution in [0.25, 0.3) is 5.57 Å². The van der Waals surface area contributed by atoms with Crippen LogP contribution in [0.1, 0.15) is 31.7 Å². The van der Waals surface area contributed by atoms with Gasteiger partial charge in [0.05, 0.1) is 0 Å². The fourth-order valence-electron chi connectivity index (χ4n) is 3.12. The topological polar surface area (TPSA) is 19.4 Å². The Bertz CT molecular complexity index is 721. The molecule has 1 aliphatic carbocycles. The van der Waals surface area contributed by atoms with Crippen molar-refractivity contribution < 1.29 is 21.4 Å². The van der Waals surface area contributed by atoms with Gasteiger partial charge in [-0.05, 0) is 0 Å². The molecule has 0 bridgehead atoms. The predicted molar refractivity (Wildman–Crippen MR) is 84.3 cm³/mol. The molecule has 0 amide bonds. The van der Waals surface area contributed by atoms with Crippen molar-refractivity contribution in [2.24, 2.45) is 0 Å². The third kappa shape index (κ3) is 2.25. The quantitative estimate of drug-likeness (QED) is 0.829. The van der Waals surface area contributed by atoms with Crippen LogP contribution in [-0.4, -0.2) is 28.3 Å². The summed E-state index contributed by atoms with van der Waals surface area (Å²) >= 11 is 2.59. The molecule has 3 nitrogen and oxygen atoms in total. The average Bonchev–Trinajstić information content (AvgIpc) is 3.24. The molecule has 1 aromatic heterocycles. The van der Waals surface area contributed by atoms with E-state index >= 15 is 0 Å². The minimum atomic E-state index is -0.243. The first kappa shape index (κ1) is 14.2. The maximum atomic E-state index is 14.6. The van der Waals surface area contributed by atoms with Gasteiger partial charge in [-0.1, -0.05) is 0 Å². The van der Waals surface area contributed by atoms with Crippen molar-refractivity contribution in [1.82, 2.24) is 4.98 Å². The molecule has 1 aromatic rings. The summed E-state index contributed by atoms with van der Waals surface area (Å²) in [5.41, 5.74) is 2.81. The molecular formula is C17H18FN3V. The van der Waals surface area contributed by atoms with Gasteiger partial charge in [-0.3, -0.25) is 0 Å². The van der Waals surface area contributed by atoms with E-state index in [2.05, 4.69) is 34.7 Å². The molecule has 0 radical (unpaired) electrons. The van der Waals surface area contributed by atoms with Crippen LogP contribution >= 0.6 is 0 Å². The Hall–Kier alpha value is -1.39. The van der Waals surface area contributed by atoms with E-state index in [1.165, 1.54) is 17.1 Å². The molecule has 3 aliphatic rings. The van der Waals surface area contributed by atoms with E-state index < -0.39 is 0 Å². The van der Waals surface area contributed by atoms with Gasteiger partial charge in [-0.25, -0.2) is 0 Å². The first-order chi connectivity index (χ1) is 10.5. The van der Waals surface area contributed by atoms with E-state index in [0.29, 0.717) is 11.9 Å². The number of hydrogen-bond acceptors (Lipinski definition) is 3. The summed E-state index contributed by atoms with van der Waals surface area (Å²) < 4.78 is 15.9. The SMILES string of the molecule is C=C1C(C)=CN(C2CC2)c2nc(N3CC[C](=[V])C3)c(F)cc21. The molecule has 0 unspecified atom stereocenters. The van der Waals surface area contributed by atoms with Crippen molar-refractivity contribution in [3.63, 3.8) is 0 Å². The van der Waals surface area contributed by atoms with Gasteiger partial charge in [0.1, 0.15) is 0 Å². The molecular weight excluding hydrogens is 316 g/mol. The van der Waals surface area contributed by atoms with Crippen molar-refractivity contribution >= 4 is 21.4 Å². The van der Waals surface area contributed by atoms with Gasteiger partial charge < -0.3 is 0 Å². The number of halogens is 1. The third-order valence-corrected chi connectivity index (χ3v) is 5.17.